The van der Waals surface area contributed by atoms with Crippen LogP contribution in [0, 0.1) is 0 Å². The lowest BCUT2D eigenvalue weighted by Gasteiger charge is -2.17. The van der Waals surface area contributed by atoms with Gasteiger partial charge in [-0.05, 0) is 64.4 Å². The quantitative estimate of drug-likeness (QED) is 0.209. The summed E-state index contributed by atoms with van der Waals surface area (Å²) in [5, 5.41) is 0.437. The van der Waals surface area contributed by atoms with Crippen molar-refractivity contribution in [3.8, 4) is 11.1 Å². The second-order valence-electron chi connectivity index (χ2n) is 9.45. The number of pyridine rings is 1. The van der Waals surface area contributed by atoms with Crippen LogP contribution in [0.15, 0.2) is 108 Å². The number of hydrogen-bond acceptors (Lipinski definition) is 3. The van der Waals surface area contributed by atoms with Gasteiger partial charge in [-0.1, -0.05) is 85.8 Å². The topological polar surface area (TPSA) is 47.0 Å². The van der Waals surface area contributed by atoms with Crippen molar-refractivity contribution in [3.63, 3.8) is 0 Å². The van der Waals surface area contributed by atoms with E-state index in [2.05, 4.69) is 4.98 Å². The first-order valence-corrected chi connectivity index (χ1v) is 14.2. The number of rotatable bonds is 7. The van der Waals surface area contributed by atoms with E-state index in [-0.39, 0.29) is 16.2 Å². The van der Waals surface area contributed by atoms with Gasteiger partial charge in [-0.2, -0.15) is 13.2 Å². The van der Waals surface area contributed by atoms with E-state index in [1.165, 1.54) is 6.07 Å². The first-order valence-electron chi connectivity index (χ1n) is 12.6. The molecular weight excluding hydrogens is 519 g/mol. The molecule has 0 saturated heterocycles. The van der Waals surface area contributed by atoms with Crippen molar-refractivity contribution < 1.29 is 21.6 Å². The highest BCUT2D eigenvalue weighted by atomic mass is 32.2. The molecule has 0 fully saturated rings. The van der Waals surface area contributed by atoms with Crippen LogP contribution in [0.25, 0.3) is 22.0 Å². The van der Waals surface area contributed by atoms with Crippen molar-refractivity contribution in [3.05, 3.63) is 131 Å². The minimum atomic E-state index is -4.53. The summed E-state index contributed by atoms with van der Waals surface area (Å²) < 4.78 is 66.3. The largest absolute Gasteiger partial charge is 0.418 e. The molecule has 198 valence electrons. The average molecular weight is 546 g/mol. The third-order valence-electron chi connectivity index (χ3n) is 6.78. The fraction of sp³-hybridized carbons (Fsp3) is 0.156. The van der Waals surface area contributed by atoms with Crippen LogP contribution in [-0.2, 0) is 28.9 Å². The Labute approximate surface area is 225 Å². The molecule has 1 aromatic heterocycles. The number of sulfone groups is 1. The number of nitrogens with zero attached hydrogens (tertiary/aromatic N) is 1. The van der Waals surface area contributed by atoms with Gasteiger partial charge in [0, 0.05) is 11.6 Å². The molecular formula is C32H26F3NO2S. The molecule has 7 heteroatoms. The number of hydrogen-bond donors (Lipinski definition) is 0. The van der Waals surface area contributed by atoms with Gasteiger partial charge in [-0.15, -0.1) is 0 Å². The van der Waals surface area contributed by atoms with E-state index < -0.39 is 21.6 Å². The SMILES string of the molecule is CCS(=O)(=O)c1cccc(Cc2cccc(-c3c(Cc4ccccc4)cnc4c(C(F)(F)F)cccc34)c2)c1. The molecule has 5 aromatic rings. The van der Waals surface area contributed by atoms with Crippen LogP contribution in [-0.4, -0.2) is 19.2 Å². The van der Waals surface area contributed by atoms with Crippen LogP contribution in [0.4, 0.5) is 13.2 Å². The second kappa shape index (κ2) is 10.7. The van der Waals surface area contributed by atoms with E-state index in [0.29, 0.717) is 23.8 Å². The van der Waals surface area contributed by atoms with E-state index >= 15 is 0 Å². The fourth-order valence-electron chi connectivity index (χ4n) is 4.87. The zero-order chi connectivity index (χ0) is 27.6. The molecule has 0 N–H and O–H groups in total. The maximum atomic E-state index is 13.9. The molecule has 0 aliphatic rings. The van der Waals surface area contributed by atoms with Gasteiger partial charge in [-0.25, -0.2) is 8.42 Å². The molecule has 0 saturated carbocycles. The summed E-state index contributed by atoms with van der Waals surface area (Å²) in [5.74, 6) is 0.0190. The monoisotopic (exact) mass is 545 g/mol. The van der Waals surface area contributed by atoms with E-state index in [4.69, 9.17) is 0 Å². The summed E-state index contributed by atoms with van der Waals surface area (Å²) >= 11 is 0. The van der Waals surface area contributed by atoms with Gasteiger partial charge in [0.05, 0.1) is 21.7 Å². The number of fused-ring (bicyclic) bond motifs is 1. The molecule has 0 radical (unpaired) electrons. The predicted octanol–water partition coefficient (Wildman–Crippen LogP) is 7.90. The number of benzene rings is 4. The lowest BCUT2D eigenvalue weighted by molar-refractivity contribution is -0.136. The second-order valence-corrected chi connectivity index (χ2v) is 11.7. The maximum absolute atomic E-state index is 13.9. The molecule has 0 unspecified atom stereocenters. The van der Waals surface area contributed by atoms with Gasteiger partial charge in [0.15, 0.2) is 9.84 Å². The van der Waals surface area contributed by atoms with E-state index in [1.807, 2.05) is 60.7 Å². The lowest BCUT2D eigenvalue weighted by Crippen LogP contribution is -2.07. The highest BCUT2D eigenvalue weighted by Crippen LogP contribution is 2.39. The van der Waals surface area contributed by atoms with Crippen molar-refractivity contribution in [2.75, 3.05) is 5.75 Å². The molecule has 1 heterocycles. The minimum absolute atomic E-state index is 0.0190. The Morgan fingerprint density at radius 2 is 1.41 bits per heavy atom. The Bertz CT molecular complexity index is 1750. The molecule has 39 heavy (non-hydrogen) atoms. The van der Waals surface area contributed by atoms with E-state index in [1.54, 1.807) is 37.4 Å². The molecule has 3 nitrogen and oxygen atoms in total. The third-order valence-corrected chi connectivity index (χ3v) is 8.51. The maximum Gasteiger partial charge on any atom is 0.418 e. The lowest BCUT2D eigenvalue weighted by atomic mass is 9.90. The number of halogens is 3. The molecule has 5 rings (SSSR count). The van der Waals surface area contributed by atoms with E-state index in [9.17, 15) is 21.6 Å². The van der Waals surface area contributed by atoms with Crippen LogP contribution < -0.4 is 0 Å². The van der Waals surface area contributed by atoms with Crippen LogP contribution in [0.2, 0.25) is 0 Å². The number of alkyl halides is 3. The Morgan fingerprint density at radius 3 is 2.13 bits per heavy atom. The summed E-state index contributed by atoms with van der Waals surface area (Å²) in [6.07, 6.45) is -2.00. The smallest absolute Gasteiger partial charge is 0.255 e. The summed E-state index contributed by atoms with van der Waals surface area (Å²) in [5.41, 5.74) is 4.24. The fourth-order valence-corrected chi connectivity index (χ4v) is 5.82. The van der Waals surface area contributed by atoms with Crippen molar-refractivity contribution in [1.29, 1.82) is 0 Å². The van der Waals surface area contributed by atoms with Gasteiger partial charge in [0.2, 0.25) is 0 Å². The van der Waals surface area contributed by atoms with Gasteiger partial charge in [-0.3, -0.25) is 4.98 Å². The van der Waals surface area contributed by atoms with Gasteiger partial charge in [0.1, 0.15) is 0 Å². The summed E-state index contributed by atoms with van der Waals surface area (Å²) in [4.78, 5) is 4.57. The zero-order valence-electron chi connectivity index (χ0n) is 21.2. The van der Waals surface area contributed by atoms with Crippen molar-refractivity contribution in [2.24, 2.45) is 0 Å². The van der Waals surface area contributed by atoms with Crippen molar-refractivity contribution in [1.82, 2.24) is 4.98 Å². The molecule has 4 aromatic carbocycles. The Hall–Kier alpha value is -3.97. The first-order chi connectivity index (χ1) is 18.7. The molecule has 0 bridgehead atoms. The van der Waals surface area contributed by atoms with Gasteiger partial charge < -0.3 is 0 Å². The third kappa shape index (κ3) is 5.73. The molecule has 0 aliphatic heterocycles. The Balaban J connectivity index is 1.63. The van der Waals surface area contributed by atoms with Crippen LogP contribution in [0.1, 0.15) is 34.7 Å². The van der Waals surface area contributed by atoms with Crippen LogP contribution in [0.3, 0.4) is 0 Å². The molecule has 0 amide bonds. The molecule has 0 atom stereocenters. The highest BCUT2D eigenvalue weighted by Gasteiger charge is 2.33. The number of aromatic nitrogens is 1. The Morgan fingerprint density at radius 1 is 0.744 bits per heavy atom. The van der Waals surface area contributed by atoms with Crippen molar-refractivity contribution in [2.45, 2.75) is 30.8 Å². The van der Waals surface area contributed by atoms with Crippen molar-refractivity contribution >= 4 is 20.7 Å². The molecule has 0 spiro atoms. The first kappa shape index (κ1) is 26.6. The van der Waals surface area contributed by atoms with Gasteiger partial charge >= 0.3 is 6.18 Å². The molecule has 0 aliphatic carbocycles. The number of para-hydroxylation sites is 1. The standard InChI is InChI=1S/C32H26F3NO2S/c1-2-39(37,38)27-14-7-12-24(20-27)17-23-11-6-13-25(19-23)30-26(18-22-9-4-3-5-10-22)21-36-31-28(30)15-8-16-29(31)32(33,34)35/h3-16,19-21H,2,17-18H2,1H3. The summed E-state index contributed by atoms with van der Waals surface area (Å²) in [6.45, 7) is 1.61. The highest BCUT2D eigenvalue weighted by molar-refractivity contribution is 7.91. The minimum Gasteiger partial charge on any atom is -0.255 e. The summed E-state index contributed by atoms with van der Waals surface area (Å²) in [7, 11) is -3.34. The average Bonchev–Trinajstić information content (AvgIpc) is 2.93. The normalized spacial score (nSPS) is 12.1. The summed E-state index contributed by atoms with van der Waals surface area (Å²) in [6, 6.07) is 28.5. The zero-order valence-corrected chi connectivity index (χ0v) is 22.1. The predicted molar refractivity (Wildman–Crippen MR) is 148 cm³/mol. The van der Waals surface area contributed by atoms with Crippen LogP contribution in [0.5, 0.6) is 0 Å². The van der Waals surface area contributed by atoms with Gasteiger partial charge in [0.25, 0.3) is 0 Å². The Kier molecular flexibility index (Phi) is 7.28. The van der Waals surface area contributed by atoms with E-state index in [0.717, 1.165) is 33.9 Å². The van der Waals surface area contributed by atoms with Crippen LogP contribution >= 0.6 is 0 Å².